The van der Waals surface area contributed by atoms with Crippen LogP contribution in [0.4, 0.5) is 0 Å². The molecule has 0 saturated heterocycles. The molecule has 0 spiro atoms. The molecule has 1 unspecified atom stereocenters. The Balaban J connectivity index is 4.04. The SMILES string of the molecule is C[SiH2]C(C)S(N)(=O)=O. The van der Waals surface area contributed by atoms with Gasteiger partial charge in [0.15, 0.2) is 0 Å². The summed E-state index contributed by atoms with van der Waals surface area (Å²) in [6.07, 6.45) is 0. The summed E-state index contributed by atoms with van der Waals surface area (Å²) in [7, 11) is -3.67. The fourth-order valence-corrected chi connectivity index (χ4v) is 2.09. The van der Waals surface area contributed by atoms with Gasteiger partial charge >= 0.3 is 0 Å². The van der Waals surface area contributed by atoms with E-state index in [-0.39, 0.29) is 4.87 Å². The standard InChI is InChI=1S/C3H11NO2SSi/c1-3(8-2)7(4,5)6/h3H,8H2,1-2H3,(H2,4,5,6). The summed E-state index contributed by atoms with van der Waals surface area (Å²) in [4.78, 5) is -0.262. The van der Waals surface area contributed by atoms with Crippen molar-refractivity contribution in [3.63, 3.8) is 0 Å². The zero-order valence-electron chi connectivity index (χ0n) is 5.09. The van der Waals surface area contributed by atoms with Gasteiger partial charge in [0.1, 0.15) is 0 Å². The van der Waals surface area contributed by atoms with Crippen molar-refractivity contribution >= 4 is 19.5 Å². The highest BCUT2D eigenvalue weighted by Crippen LogP contribution is 1.89. The maximum atomic E-state index is 10.4. The molecule has 0 aliphatic rings. The van der Waals surface area contributed by atoms with Crippen LogP contribution in [0.2, 0.25) is 6.55 Å². The van der Waals surface area contributed by atoms with Crippen LogP contribution in [0.15, 0.2) is 0 Å². The molecule has 0 amide bonds. The molecule has 0 heterocycles. The zero-order valence-corrected chi connectivity index (χ0v) is 7.32. The molecule has 0 aliphatic carbocycles. The quantitative estimate of drug-likeness (QED) is 0.509. The van der Waals surface area contributed by atoms with E-state index in [2.05, 4.69) is 0 Å². The van der Waals surface area contributed by atoms with Crippen molar-refractivity contribution < 1.29 is 8.42 Å². The molecule has 0 saturated carbocycles. The summed E-state index contributed by atoms with van der Waals surface area (Å²) in [5.41, 5.74) is 0. The smallest absolute Gasteiger partial charge is 0.208 e. The Morgan fingerprint density at radius 1 is 1.62 bits per heavy atom. The van der Waals surface area contributed by atoms with Crippen LogP contribution in [-0.4, -0.2) is 22.8 Å². The highest BCUT2D eigenvalue weighted by Gasteiger charge is 2.11. The summed E-state index contributed by atoms with van der Waals surface area (Å²) in [5, 5.41) is 4.80. The predicted molar refractivity (Wildman–Crippen MR) is 37.0 cm³/mol. The maximum Gasteiger partial charge on any atom is 0.208 e. The van der Waals surface area contributed by atoms with E-state index in [0.29, 0.717) is 0 Å². The molecule has 0 fully saturated rings. The second-order valence-electron chi connectivity index (χ2n) is 1.81. The average molecular weight is 153 g/mol. The van der Waals surface area contributed by atoms with Crippen molar-refractivity contribution in [1.82, 2.24) is 0 Å². The minimum atomic E-state index is -3.19. The van der Waals surface area contributed by atoms with E-state index in [1.165, 1.54) is 0 Å². The van der Waals surface area contributed by atoms with Crippen molar-refractivity contribution in [3.05, 3.63) is 0 Å². The Kier molecular flexibility index (Phi) is 2.65. The van der Waals surface area contributed by atoms with Gasteiger partial charge in [-0.2, -0.15) is 0 Å². The van der Waals surface area contributed by atoms with E-state index >= 15 is 0 Å². The molecule has 0 bridgehead atoms. The van der Waals surface area contributed by atoms with Crippen molar-refractivity contribution in [2.45, 2.75) is 18.3 Å². The highest BCUT2D eigenvalue weighted by molar-refractivity contribution is 7.91. The first kappa shape index (κ1) is 8.13. The largest absolute Gasteiger partial charge is 0.229 e. The van der Waals surface area contributed by atoms with Gasteiger partial charge < -0.3 is 0 Å². The molecule has 8 heavy (non-hydrogen) atoms. The van der Waals surface area contributed by atoms with Crippen LogP contribution in [-0.2, 0) is 10.0 Å². The number of hydrogen-bond donors (Lipinski definition) is 1. The molecule has 3 nitrogen and oxygen atoms in total. The molecule has 0 aliphatic heterocycles. The van der Waals surface area contributed by atoms with Crippen LogP contribution >= 0.6 is 0 Å². The summed E-state index contributed by atoms with van der Waals surface area (Å²) in [6, 6.07) is 0. The van der Waals surface area contributed by atoms with Gasteiger partial charge in [0.05, 0.1) is 4.87 Å². The van der Waals surface area contributed by atoms with Crippen LogP contribution < -0.4 is 5.14 Å². The molecule has 5 heteroatoms. The van der Waals surface area contributed by atoms with Crippen molar-refractivity contribution in [1.29, 1.82) is 0 Å². The van der Waals surface area contributed by atoms with Crippen LogP contribution in [0.3, 0.4) is 0 Å². The average Bonchev–Trinajstić information content (AvgIpc) is 1.62. The van der Waals surface area contributed by atoms with E-state index in [4.69, 9.17) is 5.14 Å². The van der Waals surface area contributed by atoms with Crippen molar-refractivity contribution in [2.75, 3.05) is 0 Å². The molecular weight excluding hydrogens is 142 g/mol. The van der Waals surface area contributed by atoms with Crippen LogP contribution in [0.25, 0.3) is 0 Å². The third kappa shape index (κ3) is 2.44. The van der Waals surface area contributed by atoms with Gasteiger partial charge in [-0.05, 0) is 0 Å². The molecule has 0 aromatic carbocycles. The molecule has 0 aromatic heterocycles. The molecule has 0 aromatic rings. The number of primary sulfonamides is 1. The topological polar surface area (TPSA) is 60.2 Å². The van der Waals surface area contributed by atoms with Gasteiger partial charge in [0.2, 0.25) is 10.0 Å². The maximum absolute atomic E-state index is 10.4. The summed E-state index contributed by atoms with van der Waals surface area (Å²) in [6.45, 7) is 3.58. The Morgan fingerprint density at radius 3 is 2.00 bits per heavy atom. The number of sulfonamides is 1. The lowest BCUT2D eigenvalue weighted by atomic mass is 11.0. The van der Waals surface area contributed by atoms with Gasteiger partial charge in [0, 0.05) is 9.52 Å². The Bertz CT molecular complexity index is 153. The molecule has 0 radical (unpaired) electrons. The normalized spacial score (nSPS) is 17.4. The van der Waals surface area contributed by atoms with Gasteiger partial charge in [-0.25, -0.2) is 13.6 Å². The first-order chi connectivity index (χ1) is 3.48. The first-order valence-electron chi connectivity index (χ1n) is 2.50. The third-order valence-electron chi connectivity index (χ3n) is 1.14. The Morgan fingerprint density at radius 2 is 2.00 bits per heavy atom. The molecule has 0 rings (SSSR count). The third-order valence-corrected chi connectivity index (χ3v) is 5.80. The van der Waals surface area contributed by atoms with Crippen LogP contribution in [0.5, 0.6) is 0 Å². The number of hydrogen-bond acceptors (Lipinski definition) is 2. The van der Waals surface area contributed by atoms with Gasteiger partial charge in [0.25, 0.3) is 0 Å². The van der Waals surface area contributed by atoms with Gasteiger partial charge in [-0.15, -0.1) is 0 Å². The monoisotopic (exact) mass is 153 g/mol. The summed E-state index contributed by atoms with van der Waals surface area (Å²) < 4.78 is 20.7. The van der Waals surface area contributed by atoms with Crippen molar-refractivity contribution in [2.24, 2.45) is 5.14 Å². The minimum absolute atomic E-state index is 0.262. The molecule has 1 atom stereocenters. The second kappa shape index (κ2) is 2.61. The fourth-order valence-electron chi connectivity index (χ4n) is 0.232. The lowest BCUT2D eigenvalue weighted by molar-refractivity contribution is 0.596. The Labute approximate surface area is 52.1 Å². The van der Waals surface area contributed by atoms with E-state index in [0.717, 1.165) is 0 Å². The van der Waals surface area contributed by atoms with Crippen molar-refractivity contribution in [3.8, 4) is 0 Å². The van der Waals surface area contributed by atoms with E-state index in [9.17, 15) is 8.42 Å². The number of rotatable bonds is 2. The fraction of sp³-hybridized carbons (Fsp3) is 1.00. The zero-order chi connectivity index (χ0) is 6.78. The molecule has 50 valence electrons. The van der Waals surface area contributed by atoms with Crippen LogP contribution in [0, 0.1) is 0 Å². The lowest BCUT2D eigenvalue weighted by Gasteiger charge is -2.01. The van der Waals surface area contributed by atoms with E-state index < -0.39 is 19.5 Å². The minimum Gasteiger partial charge on any atom is -0.229 e. The van der Waals surface area contributed by atoms with E-state index in [1.54, 1.807) is 6.92 Å². The lowest BCUT2D eigenvalue weighted by Crippen LogP contribution is -2.29. The van der Waals surface area contributed by atoms with Gasteiger partial charge in [-0.3, -0.25) is 0 Å². The van der Waals surface area contributed by atoms with Crippen LogP contribution in [0.1, 0.15) is 6.92 Å². The first-order valence-corrected chi connectivity index (χ1v) is 6.34. The molecule has 2 N–H and O–H groups in total. The Hall–Kier alpha value is 0.127. The second-order valence-corrected chi connectivity index (χ2v) is 6.42. The molecular formula is C3H11NO2SSi. The predicted octanol–water partition coefficient (Wildman–Crippen LogP) is -1.16. The van der Waals surface area contributed by atoms with Gasteiger partial charge in [-0.1, -0.05) is 13.5 Å². The summed E-state index contributed by atoms with van der Waals surface area (Å²) in [5.74, 6) is 0. The number of nitrogens with two attached hydrogens (primary N) is 1. The summed E-state index contributed by atoms with van der Waals surface area (Å²) >= 11 is 0. The van der Waals surface area contributed by atoms with E-state index in [1.807, 2.05) is 6.55 Å². The highest BCUT2D eigenvalue weighted by atomic mass is 32.2.